The topological polar surface area (TPSA) is 15.3 Å². The van der Waals surface area contributed by atoms with Gasteiger partial charge in [-0.3, -0.25) is 4.90 Å². The van der Waals surface area contributed by atoms with Gasteiger partial charge in [0.05, 0.1) is 0 Å². The molecule has 17 heavy (non-hydrogen) atoms. The van der Waals surface area contributed by atoms with Gasteiger partial charge >= 0.3 is 0 Å². The minimum atomic E-state index is 0.445. The fraction of sp³-hybridized carbons (Fsp3) is 1.00. The standard InChI is InChI=1S/C15H26N2/c1-15(13-6-7-13)10-17(9-11-2-3-11)14(8-16-15)12-4-5-12/h11-14,16H,2-10H2,1H3. The molecule has 0 aromatic rings. The monoisotopic (exact) mass is 234 g/mol. The number of hydrogen-bond acceptors (Lipinski definition) is 2. The smallest absolute Gasteiger partial charge is 0.0309 e. The summed E-state index contributed by atoms with van der Waals surface area (Å²) in [7, 11) is 0. The molecule has 2 unspecified atom stereocenters. The van der Waals surface area contributed by atoms with Crippen LogP contribution >= 0.6 is 0 Å². The summed E-state index contributed by atoms with van der Waals surface area (Å²) in [6.07, 6.45) is 8.92. The van der Waals surface area contributed by atoms with Gasteiger partial charge in [-0.15, -0.1) is 0 Å². The number of hydrogen-bond donors (Lipinski definition) is 1. The summed E-state index contributed by atoms with van der Waals surface area (Å²) in [5.74, 6) is 3.06. The predicted molar refractivity (Wildman–Crippen MR) is 69.9 cm³/mol. The van der Waals surface area contributed by atoms with Gasteiger partial charge in [-0.25, -0.2) is 0 Å². The van der Waals surface area contributed by atoms with E-state index in [2.05, 4.69) is 17.1 Å². The molecular weight excluding hydrogens is 208 g/mol. The van der Waals surface area contributed by atoms with Crippen LogP contribution in [0.4, 0.5) is 0 Å². The summed E-state index contributed by atoms with van der Waals surface area (Å²) < 4.78 is 0. The van der Waals surface area contributed by atoms with Crippen LogP contribution in [0.3, 0.4) is 0 Å². The zero-order valence-corrected chi connectivity index (χ0v) is 11.1. The van der Waals surface area contributed by atoms with Crippen molar-refractivity contribution in [2.75, 3.05) is 19.6 Å². The molecule has 2 atom stereocenters. The minimum absolute atomic E-state index is 0.445. The van der Waals surface area contributed by atoms with Crippen molar-refractivity contribution in [2.24, 2.45) is 17.8 Å². The van der Waals surface area contributed by atoms with Gasteiger partial charge < -0.3 is 5.32 Å². The first kappa shape index (κ1) is 10.8. The second-order valence-corrected chi connectivity index (χ2v) is 7.35. The van der Waals surface area contributed by atoms with E-state index in [-0.39, 0.29) is 0 Å². The van der Waals surface area contributed by atoms with Crippen molar-refractivity contribution in [3.63, 3.8) is 0 Å². The Balaban J connectivity index is 1.47. The Hall–Kier alpha value is -0.0800. The summed E-state index contributed by atoms with van der Waals surface area (Å²) in [5.41, 5.74) is 0.445. The number of rotatable bonds is 4. The average Bonchev–Trinajstić information content (AvgIpc) is 3.12. The minimum Gasteiger partial charge on any atom is -0.308 e. The highest BCUT2D eigenvalue weighted by Gasteiger charge is 2.49. The van der Waals surface area contributed by atoms with E-state index >= 15 is 0 Å². The Morgan fingerprint density at radius 3 is 2.47 bits per heavy atom. The lowest BCUT2D eigenvalue weighted by atomic mass is 9.89. The quantitative estimate of drug-likeness (QED) is 0.802. The zero-order valence-electron chi connectivity index (χ0n) is 11.1. The molecular formula is C15H26N2. The van der Waals surface area contributed by atoms with E-state index in [1.54, 1.807) is 0 Å². The van der Waals surface area contributed by atoms with Gasteiger partial charge in [0.2, 0.25) is 0 Å². The molecule has 0 aromatic carbocycles. The van der Waals surface area contributed by atoms with E-state index in [4.69, 9.17) is 0 Å². The average molecular weight is 234 g/mol. The Labute approximate surface area is 105 Å². The molecule has 2 nitrogen and oxygen atoms in total. The largest absolute Gasteiger partial charge is 0.308 e. The van der Waals surface area contributed by atoms with Crippen LogP contribution in [0.15, 0.2) is 0 Å². The normalized spacial score (nSPS) is 43.9. The first-order valence-electron chi connectivity index (χ1n) is 7.74. The Bertz CT molecular complexity index is 304. The summed E-state index contributed by atoms with van der Waals surface area (Å²) in [4.78, 5) is 2.88. The number of piperazine rings is 1. The van der Waals surface area contributed by atoms with Crippen LogP contribution in [0.2, 0.25) is 0 Å². The highest BCUT2D eigenvalue weighted by Crippen LogP contribution is 2.45. The third-order valence-electron chi connectivity index (χ3n) is 5.55. The fourth-order valence-electron chi connectivity index (χ4n) is 3.83. The van der Waals surface area contributed by atoms with Gasteiger partial charge in [0.15, 0.2) is 0 Å². The third kappa shape index (κ3) is 2.15. The molecule has 4 aliphatic rings. The van der Waals surface area contributed by atoms with Crippen molar-refractivity contribution in [2.45, 2.75) is 57.0 Å². The first-order chi connectivity index (χ1) is 8.24. The maximum Gasteiger partial charge on any atom is 0.0309 e. The van der Waals surface area contributed by atoms with Crippen molar-refractivity contribution in [1.29, 1.82) is 0 Å². The lowest BCUT2D eigenvalue weighted by molar-refractivity contribution is 0.0603. The van der Waals surface area contributed by atoms with Crippen LogP contribution in [0, 0.1) is 17.8 Å². The van der Waals surface area contributed by atoms with E-state index < -0.39 is 0 Å². The van der Waals surface area contributed by atoms with Gasteiger partial charge in [-0.1, -0.05) is 0 Å². The van der Waals surface area contributed by atoms with Gasteiger partial charge in [0.25, 0.3) is 0 Å². The van der Waals surface area contributed by atoms with Crippen LogP contribution in [0.1, 0.15) is 45.4 Å². The van der Waals surface area contributed by atoms with E-state index in [9.17, 15) is 0 Å². The van der Waals surface area contributed by atoms with Crippen molar-refractivity contribution < 1.29 is 0 Å². The van der Waals surface area contributed by atoms with Crippen LogP contribution < -0.4 is 5.32 Å². The molecule has 1 heterocycles. The highest BCUT2D eigenvalue weighted by atomic mass is 15.3. The Kier molecular flexibility index (Phi) is 2.36. The third-order valence-corrected chi connectivity index (χ3v) is 5.55. The first-order valence-corrected chi connectivity index (χ1v) is 7.74. The molecule has 4 fully saturated rings. The van der Waals surface area contributed by atoms with E-state index in [0.29, 0.717) is 5.54 Å². The van der Waals surface area contributed by atoms with Gasteiger partial charge in [0.1, 0.15) is 0 Å². The SMILES string of the molecule is CC1(C2CC2)CN(CC2CC2)C(C2CC2)CN1. The molecule has 96 valence electrons. The predicted octanol–water partition coefficient (Wildman–Crippen LogP) is 2.25. The molecule has 1 N–H and O–H groups in total. The molecule has 1 aliphatic heterocycles. The van der Waals surface area contributed by atoms with Crippen LogP contribution in [0.5, 0.6) is 0 Å². The van der Waals surface area contributed by atoms with Crippen molar-refractivity contribution in [1.82, 2.24) is 10.2 Å². The molecule has 2 heteroatoms. The van der Waals surface area contributed by atoms with E-state index in [1.807, 2.05) is 0 Å². The molecule has 0 radical (unpaired) electrons. The van der Waals surface area contributed by atoms with Crippen LogP contribution in [0.25, 0.3) is 0 Å². The summed E-state index contributed by atoms with van der Waals surface area (Å²) >= 11 is 0. The summed E-state index contributed by atoms with van der Waals surface area (Å²) in [5, 5.41) is 3.91. The molecule has 0 bridgehead atoms. The van der Waals surface area contributed by atoms with Gasteiger partial charge in [-0.05, 0) is 63.2 Å². The Morgan fingerprint density at radius 2 is 1.88 bits per heavy atom. The maximum absolute atomic E-state index is 3.91. The van der Waals surface area contributed by atoms with Crippen molar-refractivity contribution in [3.05, 3.63) is 0 Å². The molecule has 0 spiro atoms. The van der Waals surface area contributed by atoms with Gasteiger partial charge in [0, 0.05) is 31.2 Å². The maximum atomic E-state index is 3.91. The van der Waals surface area contributed by atoms with Gasteiger partial charge in [-0.2, -0.15) is 0 Å². The van der Waals surface area contributed by atoms with Crippen LogP contribution in [-0.2, 0) is 0 Å². The van der Waals surface area contributed by atoms with E-state index in [0.717, 1.165) is 23.8 Å². The Morgan fingerprint density at radius 1 is 1.12 bits per heavy atom. The molecule has 0 aromatic heterocycles. The summed E-state index contributed by atoms with van der Waals surface area (Å²) in [6.45, 7) is 6.48. The molecule has 3 saturated carbocycles. The van der Waals surface area contributed by atoms with Crippen LogP contribution in [-0.4, -0.2) is 36.1 Å². The lowest BCUT2D eigenvalue weighted by Crippen LogP contribution is -2.64. The second kappa shape index (κ2) is 3.71. The number of nitrogens with one attached hydrogen (secondary N) is 1. The fourth-order valence-corrected chi connectivity index (χ4v) is 3.83. The number of nitrogens with zero attached hydrogens (tertiary/aromatic N) is 1. The zero-order chi connectivity index (χ0) is 11.5. The molecule has 3 aliphatic carbocycles. The molecule has 4 rings (SSSR count). The molecule has 1 saturated heterocycles. The lowest BCUT2D eigenvalue weighted by Gasteiger charge is -2.47. The van der Waals surface area contributed by atoms with E-state index in [1.165, 1.54) is 58.2 Å². The molecule has 0 amide bonds. The second-order valence-electron chi connectivity index (χ2n) is 7.35. The highest BCUT2D eigenvalue weighted by molar-refractivity contribution is 5.06. The van der Waals surface area contributed by atoms with Crippen molar-refractivity contribution in [3.8, 4) is 0 Å². The summed E-state index contributed by atoms with van der Waals surface area (Å²) in [6, 6.07) is 0.877. The van der Waals surface area contributed by atoms with Crippen molar-refractivity contribution >= 4 is 0 Å².